The molecule has 0 atom stereocenters. The highest BCUT2D eigenvalue weighted by atomic mass is 15.2. The van der Waals surface area contributed by atoms with E-state index in [-0.39, 0.29) is 0 Å². The van der Waals surface area contributed by atoms with Gasteiger partial charge in [0.15, 0.2) is 5.82 Å². The van der Waals surface area contributed by atoms with Crippen molar-refractivity contribution in [3.8, 4) is 0 Å². The van der Waals surface area contributed by atoms with Gasteiger partial charge in [0.1, 0.15) is 29.8 Å². The lowest BCUT2D eigenvalue weighted by molar-refractivity contribution is 0.522. The van der Waals surface area contributed by atoms with Gasteiger partial charge in [-0.15, -0.1) is 0 Å². The Kier molecular flexibility index (Phi) is 4.55. The van der Waals surface area contributed by atoms with Gasteiger partial charge >= 0.3 is 0 Å². The summed E-state index contributed by atoms with van der Waals surface area (Å²) in [5.74, 6) is 2.83. The van der Waals surface area contributed by atoms with E-state index in [9.17, 15) is 0 Å². The van der Waals surface area contributed by atoms with Crippen LogP contribution in [-0.4, -0.2) is 57.7 Å². The van der Waals surface area contributed by atoms with Crippen molar-refractivity contribution in [2.45, 2.75) is 25.8 Å². The average molecular weight is 366 g/mol. The second-order valence-corrected chi connectivity index (χ2v) is 7.34. The first kappa shape index (κ1) is 17.5. The summed E-state index contributed by atoms with van der Waals surface area (Å²) in [5.41, 5.74) is 3.33. The molecule has 0 saturated carbocycles. The summed E-state index contributed by atoms with van der Waals surface area (Å²) >= 11 is 0. The Hall–Kier alpha value is -2.90. The molecular formula is C19H26N8. The number of anilines is 3. The molecule has 1 aliphatic heterocycles. The summed E-state index contributed by atoms with van der Waals surface area (Å²) < 4.78 is 2.18. The fourth-order valence-electron chi connectivity index (χ4n) is 3.63. The Balaban J connectivity index is 1.46. The molecule has 1 fully saturated rings. The molecular weight excluding hydrogens is 340 g/mol. The molecule has 142 valence electrons. The molecule has 1 aliphatic rings. The van der Waals surface area contributed by atoms with Crippen LogP contribution < -0.4 is 15.1 Å². The van der Waals surface area contributed by atoms with Gasteiger partial charge in [0, 0.05) is 52.0 Å². The number of aromatic nitrogens is 5. The minimum absolute atomic E-state index is 0.402. The molecule has 0 bridgehead atoms. The van der Waals surface area contributed by atoms with Crippen LogP contribution in [-0.2, 0) is 7.05 Å². The minimum atomic E-state index is 0.402. The standard InChI is InChI=1S/C19H26N8/c1-13-9-15-18(26(13)4)19(23-11-20-15)27-7-5-14(6-8-27)24-16-10-17(25(2)3)22-12-21-16/h9-12,14H,5-8H2,1-4H3,(H,21,22,24). The average Bonchev–Trinajstić information content (AvgIpc) is 2.97. The van der Waals surface area contributed by atoms with Gasteiger partial charge in [0.05, 0.1) is 5.52 Å². The zero-order valence-electron chi connectivity index (χ0n) is 16.3. The maximum atomic E-state index is 4.59. The molecule has 3 aromatic rings. The summed E-state index contributed by atoms with van der Waals surface area (Å²) in [6.45, 7) is 4.02. The van der Waals surface area contributed by atoms with E-state index in [1.54, 1.807) is 12.7 Å². The third-order valence-electron chi connectivity index (χ3n) is 5.30. The van der Waals surface area contributed by atoms with Gasteiger partial charge in [-0.1, -0.05) is 0 Å². The first-order chi connectivity index (χ1) is 13.0. The van der Waals surface area contributed by atoms with Crippen molar-refractivity contribution in [3.63, 3.8) is 0 Å². The number of nitrogens with zero attached hydrogens (tertiary/aromatic N) is 7. The minimum Gasteiger partial charge on any atom is -0.367 e. The fourth-order valence-corrected chi connectivity index (χ4v) is 3.63. The van der Waals surface area contributed by atoms with Crippen LogP contribution >= 0.6 is 0 Å². The van der Waals surface area contributed by atoms with Crippen LogP contribution in [0.15, 0.2) is 24.8 Å². The molecule has 1 saturated heterocycles. The Morgan fingerprint density at radius 3 is 2.52 bits per heavy atom. The van der Waals surface area contributed by atoms with E-state index in [4.69, 9.17) is 0 Å². The summed E-state index contributed by atoms with van der Waals surface area (Å²) in [7, 11) is 6.05. The monoisotopic (exact) mass is 366 g/mol. The van der Waals surface area contributed by atoms with Gasteiger partial charge in [0.25, 0.3) is 0 Å². The van der Waals surface area contributed by atoms with Crippen LogP contribution in [0.4, 0.5) is 17.5 Å². The van der Waals surface area contributed by atoms with Crippen LogP contribution in [0.5, 0.6) is 0 Å². The van der Waals surface area contributed by atoms with E-state index in [2.05, 4.69) is 54.8 Å². The molecule has 27 heavy (non-hydrogen) atoms. The first-order valence-electron chi connectivity index (χ1n) is 9.31. The maximum absolute atomic E-state index is 4.59. The molecule has 4 heterocycles. The Bertz CT molecular complexity index is 940. The lowest BCUT2D eigenvalue weighted by atomic mass is 10.0. The number of hydrogen-bond acceptors (Lipinski definition) is 7. The highest BCUT2D eigenvalue weighted by molar-refractivity contribution is 5.87. The SMILES string of the molecule is Cc1cc2ncnc(N3CCC(Nc4cc(N(C)C)ncn4)CC3)c2n1C. The summed E-state index contributed by atoms with van der Waals surface area (Å²) in [4.78, 5) is 22.0. The van der Waals surface area contributed by atoms with Gasteiger partial charge in [-0.25, -0.2) is 19.9 Å². The van der Waals surface area contributed by atoms with Crippen molar-refractivity contribution in [3.05, 3.63) is 30.5 Å². The normalized spacial score (nSPS) is 15.3. The van der Waals surface area contributed by atoms with Crippen LogP contribution in [0, 0.1) is 6.92 Å². The van der Waals surface area contributed by atoms with Crippen LogP contribution in [0.3, 0.4) is 0 Å². The number of piperidine rings is 1. The summed E-state index contributed by atoms with van der Waals surface area (Å²) in [6, 6.07) is 4.51. The maximum Gasteiger partial charge on any atom is 0.156 e. The molecule has 0 amide bonds. The molecule has 3 aromatic heterocycles. The molecule has 8 heteroatoms. The topological polar surface area (TPSA) is 75.0 Å². The van der Waals surface area contributed by atoms with E-state index in [0.29, 0.717) is 6.04 Å². The van der Waals surface area contributed by atoms with Crippen LogP contribution in [0.2, 0.25) is 0 Å². The molecule has 0 radical (unpaired) electrons. The summed E-state index contributed by atoms with van der Waals surface area (Å²) in [6.07, 6.45) is 5.36. The van der Waals surface area contributed by atoms with Crippen molar-refractivity contribution in [1.29, 1.82) is 0 Å². The lowest BCUT2D eigenvalue weighted by Gasteiger charge is -2.33. The number of hydrogen-bond donors (Lipinski definition) is 1. The van der Waals surface area contributed by atoms with E-state index in [1.807, 2.05) is 25.1 Å². The predicted octanol–water partition coefficient (Wildman–Crippen LogP) is 2.21. The van der Waals surface area contributed by atoms with Gasteiger partial charge < -0.3 is 19.7 Å². The highest BCUT2D eigenvalue weighted by Gasteiger charge is 2.23. The van der Waals surface area contributed by atoms with Gasteiger partial charge in [0.2, 0.25) is 0 Å². The van der Waals surface area contributed by atoms with Crippen molar-refractivity contribution in [2.24, 2.45) is 7.05 Å². The van der Waals surface area contributed by atoms with Crippen molar-refractivity contribution < 1.29 is 0 Å². The third kappa shape index (κ3) is 3.39. The van der Waals surface area contributed by atoms with E-state index in [1.165, 1.54) is 5.69 Å². The Morgan fingerprint density at radius 1 is 1.04 bits per heavy atom. The predicted molar refractivity (Wildman–Crippen MR) is 108 cm³/mol. The van der Waals surface area contributed by atoms with Gasteiger partial charge in [-0.2, -0.15) is 0 Å². The van der Waals surface area contributed by atoms with E-state index >= 15 is 0 Å². The van der Waals surface area contributed by atoms with Gasteiger partial charge in [-0.3, -0.25) is 0 Å². The molecule has 8 nitrogen and oxygen atoms in total. The lowest BCUT2D eigenvalue weighted by Crippen LogP contribution is -2.40. The molecule has 0 spiro atoms. The zero-order valence-corrected chi connectivity index (χ0v) is 16.3. The molecule has 4 rings (SSSR count). The number of aryl methyl sites for hydroxylation is 2. The second kappa shape index (κ2) is 7.02. The fraction of sp³-hybridized carbons (Fsp3) is 0.474. The van der Waals surface area contributed by atoms with E-state index in [0.717, 1.165) is 54.4 Å². The molecule has 1 N–H and O–H groups in total. The number of fused-ring (bicyclic) bond motifs is 1. The number of rotatable bonds is 4. The summed E-state index contributed by atoms with van der Waals surface area (Å²) in [5, 5.41) is 3.56. The third-order valence-corrected chi connectivity index (χ3v) is 5.30. The van der Waals surface area contributed by atoms with E-state index < -0.39 is 0 Å². The molecule has 0 aromatic carbocycles. The quantitative estimate of drug-likeness (QED) is 0.759. The van der Waals surface area contributed by atoms with Crippen LogP contribution in [0.25, 0.3) is 11.0 Å². The second-order valence-electron chi connectivity index (χ2n) is 7.34. The Labute approximate surface area is 159 Å². The zero-order chi connectivity index (χ0) is 19.0. The first-order valence-corrected chi connectivity index (χ1v) is 9.31. The van der Waals surface area contributed by atoms with Crippen molar-refractivity contribution >= 4 is 28.5 Å². The molecule has 0 aliphatic carbocycles. The number of nitrogens with one attached hydrogen (secondary N) is 1. The van der Waals surface area contributed by atoms with Crippen LogP contribution in [0.1, 0.15) is 18.5 Å². The Morgan fingerprint density at radius 2 is 1.78 bits per heavy atom. The van der Waals surface area contributed by atoms with Crippen molar-refractivity contribution in [2.75, 3.05) is 42.3 Å². The largest absolute Gasteiger partial charge is 0.367 e. The molecule has 0 unspecified atom stereocenters. The van der Waals surface area contributed by atoms with Crippen molar-refractivity contribution in [1.82, 2.24) is 24.5 Å². The van der Waals surface area contributed by atoms with Gasteiger partial charge in [-0.05, 0) is 25.8 Å². The smallest absolute Gasteiger partial charge is 0.156 e. The highest BCUT2D eigenvalue weighted by Crippen LogP contribution is 2.28.